The van der Waals surface area contributed by atoms with E-state index in [-0.39, 0.29) is 11.3 Å². The molecule has 1 fully saturated rings. The number of nitrogens with zero attached hydrogens (tertiary/aromatic N) is 1. The highest BCUT2D eigenvalue weighted by Gasteiger charge is 2.35. The third kappa shape index (κ3) is 5.56. The van der Waals surface area contributed by atoms with Gasteiger partial charge in [0, 0.05) is 32.7 Å². The lowest BCUT2D eigenvalue weighted by molar-refractivity contribution is -0.145. The first kappa shape index (κ1) is 25.3. The van der Waals surface area contributed by atoms with Gasteiger partial charge in [0.05, 0.1) is 7.11 Å². The molecule has 0 bridgehead atoms. The molecule has 4 rings (SSSR count). The molecule has 1 saturated heterocycles. The van der Waals surface area contributed by atoms with Crippen molar-refractivity contribution < 1.29 is 23.5 Å². The number of rotatable bonds is 6. The van der Waals surface area contributed by atoms with E-state index >= 15 is 4.39 Å². The summed E-state index contributed by atoms with van der Waals surface area (Å²) in [6, 6.07) is 15.2. The Bertz CT molecular complexity index is 1250. The second-order valence-electron chi connectivity index (χ2n) is 8.04. The lowest BCUT2D eigenvalue weighted by atomic mass is 10.0. The van der Waals surface area contributed by atoms with E-state index in [0.29, 0.717) is 45.6 Å². The fourth-order valence-corrected chi connectivity index (χ4v) is 4.71. The number of halogens is 4. The van der Waals surface area contributed by atoms with Crippen molar-refractivity contribution >= 4 is 46.7 Å². The SMILES string of the molecule is COC(=O)C1CCCN1C(=O)c1ccc(OC(c2ccc(Cl)cc2)c2ccc(Cl)cc2Cl)c(F)c1. The van der Waals surface area contributed by atoms with Gasteiger partial charge in [-0.1, -0.05) is 53.0 Å². The largest absolute Gasteiger partial charge is 0.478 e. The summed E-state index contributed by atoms with van der Waals surface area (Å²) in [4.78, 5) is 26.4. The van der Waals surface area contributed by atoms with Crippen LogP contribution >= 0.6 is 34.8 Å². The molecule has 0 saturated carbocycles. The molecule has 2 unspecified atom stereocenters. The number of esters is 1. The van der Waals surface area contributed by atoms with Crippen LogP contribution in [0.3, 0.4) is 0 Å². The summed E-state index contributed by atoms with van der Waals surface area (Å²) >= 11 is 18.5. The van der Waals surface area contributed by atoms with Gasteiger partial charge in [0.2, 0.25) is 0 Å². The molecule has 0 radical (unpaired) electrons. The van der Waals surface area contributed by atoms with Crippen molar-refractivity contribution in [3.05, 3.63) is 98.2 Å². The molecule has 9 heteroatoms. The molecule has 0 spiro atoms. The minimum absolute atomic E-state index is 0.0709. The molecule has 35 heavy (non-hydrogen) atoms. The van der Waals surface area contributed by atoms with Crippen LogP contribution < -0.4 is 4.74 Å². The van der Waals surface area contributed by atoms with E-state index in [9.17, 15) is 9.59 Å². The van der Waals surface area contributed by atoms with Crippen LogP contribution in [0.2, 0.25) is 15.1 Å². The quantitative estimate of drug-likeness (QED) is 0.328. The molecule has 2 atom stereocenters. The predicted octanol–water partition coefficient (Wildman–Crippen LogP) is 6.73. The first-order valence-electron chi connectivity index (χ1n) is 10.8. The molecule has 0 aromatic heterocycles. The van der Waals surface area contributed by atoms with Gasteiger partial charge in [0.25, 0.3) is 5.91 Å². The third-order valence-electron chi connectivity index (χ3n) is 5.83. The van der Waals surface area contributed by atoms with Crippen LogP contribution in [0.5, 0.6) is 5.75 Å². The standard InChI is InChI=1S/C26H21Cl3FNO4/c1-34-26(33)22-3-2-12-31(22)25(32)16-6-11-23(21(30)13-16)35-24(15-4-7-17(27)8-5-15)19-10-9-18(28)14-20(19)29/h4-11,13-14,22,24H,2-3,12H2,1H3. The van der Waals surface area contributed by atoms with E-state index in [1.165, 1.54) is 24.1 Å². The van der Waals surface area contributed by atoms with E-state index in [0.717, 1.165) is 6.07 Å². The van der Waals surface area contributed by atoms with Crippen LogP contribution in [0.25, 0.3) is 0 Å². The minimum Gasteiger partial charge on any atom is -0.478 e. The summed E-state index contributed by atoms with van der Waals surface area (Å²) < 4.78 is 26.0. The van der Waals surface area contributed by atoms with Crippen LogP contribution in [0.1, 0.15) is 40.4 Å². The van der Waals surface area contributed by atoms with E-state index in [4.69, 9.17) is 44.3 Å². The Morgan fingerprint density at radius 1 is 1.00 bits per heavy atom. The fourth-order valence-electron chi connectivity index (χ4n) is 4.08. The summed E-state index contributed by atoms with van der Waals surface area (Å²) in [6.07, 6.45) is 0.405. The lowest BCUT2D eigenvalue weighted by Gasteiger charge is -2.24. The zero-order valence-electron chi connectivity index (χ0n) is 18.6. The average molecular weight is 537 g/mol. The van der Waals surface area contributed by atoms with Gasteiger partial charge in [-0.25, -0.2) is 9.18 Å². The fraction of sp³-hybridized carbons (Fsp3) is 0.231. The maximum atomic E-state index is 15.2. The van der Waals surface area contributed by atoms with Gasteiger partial charge in [-0.05, 0) is 60.9 Å². The summed E-state index contributed by atoms with van der Waals surface area (Å²) in [6.45, 7) is 0.395. The Balaban J connectivity index is 1.63. The Morgan fingerprint density at radius 3 is 2.37 bits per heavy atom. The number of benzene rings is 3. The predicted molar refractivity (Wildman–Crippen MR) is 133 cm³/mol. The van der Waals surface area contributed by atoms with Gasteiger partial charge in [-0.2, -0.15) is 0 Å². The molecular weight excluding hydrogens is 516 g/mol. The molecule has 1 aliphatic heterocycles. The summed E-state index contributed by atoms with van der Waals surface area (Å²) in [5.41, 5.74) is 1.38. The number of likely N-dealkylation sites (tertiary alicyclic amines) is 1. The first-order chi connectivity index (χ1) is 16.8. The topological polar surface area (TPSA) is 55.8 Å². The van der Waals surface area contributed by atoms with Crippen molar-refractivity contribution in [1.29, 1.82) is 0 Å². The number of hydrogen-bond donors (Lipinski definition) is 0. The molecule has 0 aliphatic carbocycles. The van der Waals surface area contributed by atoms with Gasteiger partial charge >= 0.3 is 5.97 Å². The number of methoxy groups -OCH3 is 1. The molecule has 5 nitrogen and oxygen atoms in total. The second kappa shape index (κ2) is 10.9. The zero-order valence-corrected chi connectivity index (χ0v) is 20.9. The smallest absolute Gasteiger partial charge is 0.328 e. The zero-order chi connectivity index (χ0) is 25.1. The van der Waals surface area contributed by atoms with Gasteiger partial charge in [-0.3, -0.25) is 4.79 Å². The van der Waals surface area contributed by atoms with Crippen molar-refractivity contribution in [3.8, 4) is 5.75 Å². The van der Waals surface area contributed by atoms with Crippen molar-refractivity contribution in [2.24, 2.45) is 0 Å². The van der Waals surface area contributed by atoms with Crippen LogP contribution in [0, 0.1) is 5.82 Å². The Hall–Kier alpha value is -2.80. The van der Waals surface area contributed by atoms with Crippen LogP contribution in [0.4, 0.5) is 4.39 Å². The van der Waals surface area contributed by atoms with Crippen molar-refractivity contribution in [1.82, 2.24) is 4.90 Å². The molecule has 1 amide bonds. The first-order valence-corrected chi connectivity index (χ1v) is 12.0. The van der Waals surface area contributed by atoms with Gasteiger partial charge < -0.3 is 14.4 Å². The molecule has 182 valence electrons. The van der Waals surface area contributed by atoms with Crippen LogP contribution in [-0.2, 0) is 9.53 Å². The average Bonchev–Trinajstić information content (AvgIpc) is 3.33. The summed E-state index contributed by atoms with van der Waals surface area (Å²) in [5.74, 6) is -1.73. The Kier molecular flexibility index (Phi) is 7.85. The molecule has 3 aromatic rings. The molecule has 1 heterocycles. The highest BCUT2D eigenvalue weighted by molar-refractivity contribution is 6.35. The van der Waals surface area contributed by atoms with Gasteiger partial charge in [0.1, 0.15) is 6.04 Å². The van der Waals surface area contributed by atoms with Gasteiger partial charge in [0.15, 0.2) is 17.7 Å². The highest BCUT2D eigenvalue weighted by Crippen LogP contribution is 2.36. The highest BCUT2D eigenvalue weighted by atomic mass is 35.5. The number of carbonyl (C=O) groups is 2. The lowest BCUT2D eigenvalue weighted by Crippen LogP contribution is -2.41. The van der Waals surface area contributed by atoms with E-state index in [2.05, 4.69) is 0 Å². The second-order valence-corrected chi connectivity index (χ2v) is 9.32. The van der Waals surface area contributed by atoms with Crippen molar-refractivity contribution in [2.45, 2.75) is 25.0 Å². The normalized spacial score (nSPS) is 16.1. The van der Waals surface area contributed by atoms with Crippen LogP contribution in [0.15, 0.2) is 60.7 Å². The number of hydrogen-bond acceptors (Lipinski definition) is 4. The number of carbonyl (C=O) groups excluding carboxylic acids is 2. The monoisotopic (exact) mass is 535 g/mol. The van der Waals surface area contributed by atoms with Crippen molar-refractivity contribution in [2.75, 3.05) is 13.7 Å². The molecule has 1 aliphatic rings. The number of amides is 1. The third-order valence-corrected chi connectivity index (χ3v) is 6.64. The summed E-state index contributed by atoms with van der Waals surface area (Å²) in [7, 11) is 1.28. The Labute approximate surface area is 217 Å². The van der Waals surface area contributed by atoms with Gasteiger partial charge in [-0.15, -0.1) is 0 Å². The van der Waals surface area contributed by atoms with E-state index in [1.54, 1.807) is 42.5 Å². The maximum Gasteiger partial charge on any atom is 0.328 e. The summed E-state index contributed by atoms with van der Waals surface area (Å²) in [5, 5.41) is 1.35. The molecule has 0 N–H and O–H groups in total. The number of ether oxygens (including phenoxy) is 2. The molecule has 3 aromatic carbocycles. The van der Waals surface area contributed by atoms with E-state index in [1.807, 2.05) is 0 Å². The van der Waals surface area contributed by atoms with E-state index < -0.39 is 29.8 Å². The Morgan fingerprint density at radius 2 is 1.71 bits per heavy atom. The minimum atomic E-state index is -0.768. The van der Waals surface area contributed by atoms with Crippen molar-refractivity contribution in [3.63, 3.8) is 0 Å². The molecular formula is C26H21Cl3FNO4. The van der Waals surface area contributed by atoms with Crippen LogP contribution in [-0.4, -0.2) is 36.5 Å². The maximum absolute atomic E-state index is 15.2.